The lowest BCUT2D eigenvalue weighted by Gasteiger charge is -2.04. The Balaban J connectivity index is 3.05. The Kier molecular flexibility index (Phi) is 2.82. The summed E-state index contributed by atoms with van der Waals surface area (Å²) in [5, 5.41) is 0.678. The number of benzene rings is 1. The second kappa shape index (κ2) is 3.48. The number of rotatable bonds is 1. The van der Waals surface area contributed by atoms with Crippen molar-refractivity contribution in [1.29, 1.82) is 0 Å². The second-order valence-corrected chi connectivity index (χ2v) is 4.15. The molecule has 3 heteroatoms. The molecule has 1 nitrogen and oxygen atoms in total. The van der Waals surface area contributed by atoms with Crippen molar-refractivity contribution in [3.63, 3.8) is 0 Å². The summed E-state index contributed by atoms with van der Waals surface area (Å²) < 4.78 is 11.0. The average Bonchev–Trinajstić information content (AvgIpc) is 1.94. The van der Waals surface area contributed by atoms with Gasteiger partial charge in [-0.2, -0.15) is 0 Å². The van der Waals surface area contributed by atoms with Gasteiger partial charge in [-0.05, 0) is 29.7 Å². The zero-order chi connectivity index (χ0) is 8.43. The third-order valence-electron chi connectivity index (χ3n) is 1.48. The van der Waals surface area contributed by atoms with E-state index in [1.807, 2.05) is 19.1 Å². The van der Waals surface area contributed by atoms with E-state index in [2.05, 4.69) is 0 Å². The maximum atomic E-state index is 11.0. The molecule has 0 bridgehead atoms. The van der Waals surface area contributed by atoms with Crippen molar-refractivity contribution >= 4 is 22.8 Å². The summed E-state index contributed by atoms with van der Waals surface area (Å²) in [6, 6.07) is 5.45. The molecule has 0 saturated heterocycles. The lowest BCUT2D eigenvalue weighted by molar-refractivity contribution is 0.601. The van der Waals surface area contributed by atoms with Gasteiger partial charge in [-0.25, -0.2) is 0 Å². The number of aryl methyl sites for hydroxylation is 1. The van der Waals surface area contributed by atoms with Gasteiger partial charge in [-0.15, -0.1) is 0 Å². The molecule has 60 valence electrons. The summed E-state index contributed by atoms with van der Waals surface area (Å²) in [7, 11) is 0. The van der Waals surface area contributed by atoms with Crippen molar-refractivity contribution in [3.05, 3.63) is 28.8 Å². The predicted molar refractivity (Wildman–Crippen MR) is 48.5 cm³/mol. The van der Waals surface area contributed by atoms with Crippen molar-refractivity contribution in [2.75, 3.05) is 6.26 Å². The quantitative estimate of drug-likeness (QED) is 0.621. The number of hydrogen-bond donors (Lipinski definition) is 0. The topological polar surface area (TPSA) is 23.1 Å². The molecule has 1 atom stereocenters. The molecular formula is C8H9ClOS. The van der Waals surface area contributed by atoms with Gasteiger partial charge in [0.15, 0.2) is 4.90 Å². The third kappa shape index (κ3) is 2.12. The van der Waals surface area contributed by atoms with Gasteiger partial charge in [-0.3, -0.25) is 0 Å². The number of hydrogen-bond acceptors (Lipinski definition) is 1. The average molecular weight is 189 g/mol. The fraction of sp³-hybridized carbons (Fsp3) is 0.250. The first-order valence-electron chi connectivity index (χ1n) is 3.21. The van der Waals surface area contributed by atoms with E-state index < -0.39 is 11.2 Å². The SMILES string of the molecule is Cc1ccc([S+](C)[O-])cc1Cl. The van der Waals surface area contributed by atoms with Crippen LogP contribution in [0.3, 0.4) is 0 Å². The monoisotopic (exact) mass is 188 g/mol. The highest BCUT2D eigenvalue weighted by Crippen LogP contribution is 2.19. The van der Waals surface area contributed by atoms with E-state index in [-0.39, 0.29) is 0 Å². The van der Waals surface area contributed by atoms with Crippen molar-refractivity contribution in [1.82, 2.24) is 0 Å². The lowest BCUT2D eigenvalue weighted by atomic mass is 10.2. The van der Waals surface area contributed by atoms with Crippen molar-refractivity contribution < 1.29 is 4.55 Å². The maximum absolute atomic E-state index is 11.0. The van der Waals surface area contributed by atoms with E-state index in [0.717, 1.165) is 10.5 Å². The molecule has 0 aliphatic carbocycles. The summed E-state index contributed by atoms with van der Waals surface area (Å²) in [6.45, 7) is 1.92. The zero-order valence-corrected chi connectivity index (χ0v) is 8.00. The van der Waals surface area contributed by atoms with Crippen LogP contribution < -0.4 is 0 Å². The van der Waals surface area contributed by atoms with Crippen molar-refractivity contribution in [3.8, 4) is 0 Å². The van der Waals surface area contributed by atoms with Crippen LogP contribution in [0, 0.1) is 6.92 Å². The fourth-order valence-corrected chi connectivity index (χ4v) is 1.54. The minimum Gasteiger partial charge on any atom is -0.612 e. The van der Waals surface area contributed by atoms with Gasteiger partial charge in [0.05, 0.1) is 0 Å². The van der Waals surface area contributed by atoms with E-state index in [4.69, 9.17) is 11.6 Å². The molecule has 0 spiro atoms. The first kappa shape index (κ1) is 8.91. The standard InChI is InChI=1S/C8H9ClOS/c1-6-3-4-7(11(2)10)5-8(6)9/h3-5H,1-2H3. The van der Waals surface area contributed by atoms with Crippen molar-refractivity contribution in [2.45, 2.75) is 11.8 Å². The molecule has 0 aliphatic heterocycles. The highest BCUT2D eigenvalue weighted by molar-refractivity contribution is 7.90. The molecule has 1 rings (SSSR count). The Bertz CT molecular complexity index is 260. The van der Waals surface area contributed by atoms with Crippen LogP contribution in [0.25, 0.3) is 0 Å². The summed E-state index contributed by atoms with van der Waals surface area (Å²) in [6.07, 6.45) is 1.64. The van der Waals surface area contributed by atoms with Crippen LogP contribution in [-0.4, -0.2) is 10.8 Å². The highest BCUT2D eigenvalue weighted by Gasteiger charge is 2.04. The van der Waals surface area contributed by atoms with Gasteiger partial charge < -0.3 is 4.55 Å². The molecule has 1 unspecified atom stereocenters. The largest absolute Gasteiger partial charge is 0.612 e. The normalized spacial score (nSPS) is 13.1. The smallest absolute Gasteiger partial charge is 0.153 e. The highest BCUT2D eigenvalue weighted by atomic mass is 35.5. The van der Waals surface area contributed by atoms with Gasteiger partial charge in [-0.1, -0.05) is 17.7 Å². The van der Waals surface area contributed by atoms with E-state index in [1.165, 1.54) is 0 Å². The van der Waals surface area contributed by atoms with E-state index in [9.17, 15) is 4.55 Å². The molecule has 0 amide bonds. The van der Waals surface area contributed by atoms with Crippen LogP contribution in [-0.2, 0) is 11.2 Å². The van der Waals surface area contributed by atoms with Crippen LogP contribution in [0.15, 0.2) is 23.1 Å². The van der Waals surface area contributed by atoms with Gasteiger partial charge in [0.25, 0.3) is 0 Å². The van der Waals surface area contributed by atoms with Crippen LogP contribution in [0.4, 0.5) is 0 Å². The molecule has 0 radical (unpaired) electrons. The second-order valence-electron chi connectivity index (χ2n) is 2.37. The molecule has 1 aromatic rings. The van der Waals surface area contributed by atoms with Crippen LogP contribution in [0.2, 0.25) is 5.02 Å². The lowest BCUT2D eigenvalue weighted by Crippen LogP contribution is -1.96. The maximum Gasteiger partial charge on any atom is 0.153 e. The van der Waals surface area contributed by atoms with E-state index >= 15 is 0 Å². The van der Waals surface area contributed by atoms with E-state index in [0.29, 0.717) is 5.02 Å². The Morgan fingerprint density at radius 1 is 1.45 bits per heavy atom. The van der Waals surface area contributed by atoms with Gasteiger partial charge in [0.1, 0.15) is 6.26 Å². The minimum absolute atomic E-state index is 0.678. The molecule has 11 heavy (non-hydrogen) atoms. The Morgan fingerprint density at radius 3 is 2.55 bits per heavy atom. The molecular weight excluding hydrogens is 180 g/mol. The Morgan fingerprint density at radius 2 is 2.09 bits per heavy atom. The van der Waals surface area contributed by atoms with Crippen LogP contribution >= 0.6 is 11.6 Å². The minimum atomic E-state index is -0.932. The molecule has 1 aromatic carbocycles. The third-order valence-corrected chi connectivity index (χ3v) is 2.80. The zero-order valence-electron chi connectivity index (χ0n) is 6.43. The number of halogens is 1. The first-order chi connectivity index (χ1) is 5.11. The molecule has 0 N–H and O–H groups in total. The molecule has 0 aliphatic rings. The van der Waals surface area contributed by atoms with E-state index in [1.54, 1.807) is 12.3 Å². The molecule has 0 heterocycles. The predicted octanol–water partition coefficient (Wildman–Crippen LogP) is 2.39. The summed E-state index contributed by atoms with van der Waals surface area (Å²) in [5.41, 5.74) is 1.01. The van der Waals surface area contributed by atoms with Crippen molar-refractivity contribution in [2.24, 2.45) is 0 Å². The van der Waals surface area contributed by atoms with Crippen LogP contribution in [0.1, 0.15) is 5.56 Å². The van der Waals surface area contributed by atoms with Gasteiger partial charge in [0.2, 0.25) is 0 Å². The molecule has 0 aromatic heterocycles. The Hall–Kier alpha value is -0.180. The summed E-state index contributed by atoms with van der Waals surface area (Å²) in [4.78, 5) is 0.778. The fourth-order valence-electron chi connectivity index (χ4n) is 0.752. The van der Waals surface area contributed by atoms with Gasteiger partial charge in [0, 0.05) is 11.1 Å². The van der Waals surface area contributed by atoms with Gasteiger partial charge >= 0.3 is 0 Å². The Labute approximate surface area is 74.6 Å². The molecule has 0 fully saturated rings. The summed E-state index contributed by atoms with van der Waals surface area (Å²) in [5.74, 6) is 0. The molecule has 0 saturated carbocycles. The summed E-state index contributed by atoms with van der Waals surface area (Å²) >= 11 is 4.89. The first-order valence-corrected chi connectivity index (χ1v) is 5.14. The van der Waals surface area contributed by atoms with Crippen LogP contribution in [0.5, 0.6) is 0 Å².